The van der Waals surface area contributed by atoms with Gasteiger partial charge in [0.25, 0.3) is 5.91 Å². The number of aliphatic hydroxyl groups is 1. The molecule has 0 unspecified atom stereocenters. The molecule has 1 saturated heterocycles. The van der Waals surface area contributed by atoms with Crippen molar-refractivity contribution in [1.29, 1.82) is 0 Å². The highest BCUT2D eigenvalue weighted by Crippen LogP contribution is 2.35. The van der Waals surface area contributed by atoms with Gasteiger partial charge in [-0.2, -0.15) is 9.61 Å². The predicted molar refractivity (Wildman–Crippen MR) is 141 cm³/mol. The van der Waals surface area contributed by atoms with Crippen LogP contribution in [0.5, 0.6) is 5.88 Å². The summed E-state index contributed by atoms with van der Waals surface area (Å²) < 4.78 is 6.61. The molecule has 1 aliphatic rings. The molecule has 5 heterocycles. The molecule has 0 aliphatic carbocycles. The number of rotatable bonds is 6. The third kappa shape index (κ3) is 4.56. The summed E-state index contributed by atoms with van der Waals surface area (Å²) in [6.07, 6.45) is 5.29. The Morgan fingerprint density at radius 3 is 2.37 bits per heavy atom. The van der Waals surface area contributed by atoms with E-state index in [-0.39, 0.29) is 23.4 Å². The van der Waals surface area contributed by atoms with Crippen LogP contribution in [-0.4, -0.2) is 72.6 Å². The summed E-state index contributed by atoms with van der Waals surface area (Å²) in [5.41, 5.74) is 11.1. The maximum atomic E-state index is 12.6. The molecule has 4 aromatic heterocycles. The number of carbonyl (C=O) groups excluding carboxylic acids is 2. The topological polar surface area (TPSA) is 149 Å². The van der Waals surface area contributed by atoms with Gasteiger partial charge in [0, 0.05) is 54.2 Å². The first-order valence-electron chi connectivity index (χ1n) is 12.4. The van der Waals surface area contributed by atoms with Gasteiger partial charge >= 0.3 is 0 Å². The molecule has 0 bridgehead atoms. The molecule has 0 saturated carbocycles. The predicted octanol–water partition coefficient (Wildman–Crippen LogP) is 2.73. The number of hydrogen-bond acceptors (Lipinski definition) is 9. The van der Waals surface area contributed by atoms with Crippen LogP contribution in [0.1, 0.15) is 48.7 Å². The van der Waals surface area contributed by atoms with Crippen molar-refractivity contribution in [3.63, 3.8) is 0 Å². The molecule has 1 atom stereocenters. The molecular weight excluding hydrogens is 486 g/mol. The number of carbonyl (C=O) groups is 2. The van der Waals surface area contributed by atoms with E-state index in [0.29, 0.717) is 48.7 Å². The van der Waals surface area contributed by atoms with Crippen molar-refractivity contribution in [1.82, 2.24) is 29.5 Å². The van der Waals surface area contributed by atoms with Crippen molar-refractivity contribution in [3.8, 4) is 28.3 Å². The summed E-state index contributed by atoms with van der Waals surface area (Å²) in [4.78, 5) is 40.3. The average Bonchev–Trinajstić information content (AvgIpc) is 3.37. The molecule has 1 fully saturated rings. The second-order valence-electron chi connectivity index (χ2n) is 9.40. The Morgan fingerprint density at radius 1 is 1.08 bits per heavy atom. The van der Waals surface area contributed by atoms with Crippen molar-refractivity contribution < 1.29 is 19.4 Å². The second kappa shape index (κ2) is 10.2. The van der Waals surface area contributed by atoms with Crippen molar-refractivity contribution >= 4 is 23.2 Å². The van der Waals surface area contributed by atoms with E-state index in [4.69, 9.17) is 15.5 Å². The van der Waals surface area contributed by atoms with E-state index < -0.39 is 6.10 Å². The number of ketones is 1. The molecule has 1 aliphatic heterocycles. The van der Waals surface area contributed by atoms with Crippen LogP contribution in [0.4, 0.5) is 5.82 Å². The van der Waals surface area contributed by atoms with E-state index in [1.165, 1.54) is 18.4 Å². The number of nitrogens with two attached hydrogens (primary N) is 1. The Bertz CT molecular complexity index is 1490. The van der Waals surface area contributed by atoms with Crippen LogP contribution in [0.2, 0.25) is 0 Å². The van der Waals surface area contributed by atoms with E-state index in [2.05, 4.69) is 15.1 Å². The number of amides is 1. The Labute approximate surface area is 219 Å². The van der Waals surface area contributed by atoms with E-state index in [1.807, 2.05) is 18.2 Å². The summed E-state index contributed by atoms with van der Waals surface area (Å²) >= 11 is 0. The van der Waals surface area contributed by atoms with Crippen molar-refractivity contribution in [2.75, 3.05) is 25.9 Å². The number of aromatic nitrogens is 5. The summed E-state index contributed by atoms with van der Waals surface area (Å²) in [6, 6.07) is 7.49. The number of piperidine rings is 1. The van der Waals surface area contributed by atoms with Gasteiger partial charge in [0.15, 0.2) is 11.4 Å². The Kier molecular flexibility index (Phi) is 6.77. The Morgan fingerprint density at radius 2 is 1.79 bits per heavy atom. The van der Waals surface area contributed by atoms with Gasteiger partial charge in [-0.15, -0.1) is 0 Å². The lowest BCUT2D eigenvalue weighted by Crippen LogP contribution is -2.42. The zero-order valence-electron chi connectivity index (χ0n) is 21.5. The minimum atomic E-state index is -1.04. The molecule has 3 N–H and O–H groups in total. The zero-order chi connectivity index (χ0) is 27.0. The second-order valence-corrected chi connectivity index (χ2v) is 9.40. The molecule has 38 heavy (non-hydrogen) atoms. The van der Waals surface area contributed by atoms with Crippen LogP contribution in [0.15, 0.2) is 42.9 Å². The average molecular weight is 516 g/mol. The normalized spacial score (nSPS) is 15.0. The number of hydrogen-bond donors (Lipinski definition) is 2. The van der Waals surface area contributed by atoms with Gasteiger partial charge in [0.1, 0.15) is 11.9 Å². The smallest absolute Gasteiger partial charge is 0.251 e. The standard InChI is InChI=1S/C27H29N7O4/c1-15(35)23-24(17-8-10-33(11-9-17)27(37)16(2)36)32-26-20(14-31-34(26)25(23)28)18-4-6-21(29-12-18)19-5-7-22(38-3)30-13-19/h4-7,12-14,16-17,36H,8-11,28H2,1-3H3/t16-/m1/s1. The number of anilines is 1. The highest BCUT2D eigenvalue weighted by atomic mass is 16.5. The van der Waals surface area contributed by atoms with Gasteiger partial charge in [-0.05, 0) is 38.8 Å². The van der Waals surface area contributed by atoms with Crippen LogP contribution in [0, 0.1) is 0 Å². The highest BCUT2D eigenvalue weighted by Gasteiger charge is 2.31. The number of Topliss-reactive ketones (excluding diaryl/α,β-unsaturated/α-hetero) is 1. The van der Waals surface area contributed by atoms with Crippen LogP contribution in [0.3, 0.4) is 0 Å². The van der Waals surface area contributed by atoms with Gasteiger partial charge in [-0.1, -0.05) is 6.07 Å². The molecule has 11 nitrogen and oxygen atoms in total. The van der Waals surface area contributed by atoms with Crippen molar-refractivity contribution in [2.24, 2.45) is 0 Å². The molecule has 0 aromatic carbocycles. The molecular formula is C27H29N7O4. The third-order valence-corrected chi connectivity index (χ3v) is 6.93. The SMILES string of the molecule is COc1ccc(-c2ccc(-c3cnn4c(N)c(C(C)=O)c(C5CCN(C(=O)[C@@H](C)O)CC5)nc34)cn2)cn1. The van der Waals surface area contributed by atoms with E-state index in [9.17, 15) is 14.7 Å². The number of nitrogens with zero attached hydrogens (tertiary/aromatic N) is 6. The monoisotopic (exact) mass is 515 g/mol. The van der Waals surface area contributed by atoms with Crippen LogP contribution in [-0.2, 0) is 4.79 Å². The number of ether oxygens (including phenoxy) is 1. The maximum Gasteiger partial charge on any atom is 0.251 e. The van der Waals surface area contributed by atoms with Gasteiger partial charge in [-0.3, -0.25) is 14.6 Å². The first-order valence-corrected chi connectivity index (χ1v) is 12.4. The first kappa shape index (κ1) is 25.3. The van der Waals surface area contributed by atoms with Crippen LogP contribution < -0.4 is 10.5 Å². The summed E-state index contributed by atoms with van der Waals surface area (Å²) in [7, 11) is 1.57. The fourth-order valence-electron chi connectivity index (χ4n) is 4.91. The van der Waals surface area contributed by atoms with Gasteiger partial charge in [-0.25, -0.2) is 9.97 Å². The zero-order valence-corrected chi connectivity index (χ0v) is 21.5. The molecule has 4 aromatic rings. The van der Waals surface area contributed by atoms with E-state index in [0.717, 1.165) is 22.4 Å². The van der Waals surface area contributed by atoms with Crippen LogP contribution >= 0.6 is 0 Å². The van der Waals surface area contributed by atoms with Gasteiger partial charge in [0.05, 0.1) is 30.3 Å². The molecule has 11 heteroatoms. The number of aliphatic hydroxyl groups excluding tert-OH is 1. The number of fused-ring (bicyclic) bond motifs is 1. The molecule has 5 rings (SSSR count). The lowest BCUT2D eigenvalue weighted by Gasteiger charge is -2.33. The van der Waals surface area contributed by atoms with Crippen LogP contribution in [0.25, 0.3) is 28.0 Å². The molecule has 0 radical (unpaired) electrons. The Balaban J connectivity index is 1.49. The summed E-state index contributed by atoms with van der Waals surface area (Å²) in [5, 5.41) is 14.1. The van der Waals surface area contributed by atoms with Gasteiger partial charge < -0.3 is 20.5 Å². The number of methoxy groups -OCH3 is 1. The maximum absolute atomic E-state index is 12.6. The number of nitrogen functional groups attached to an aromatic ring is 1. The Hall–Kier alpha value is -4.38. The molecule has 0 spiro atoms. The minimum absolute atomic E-state index is 0.0647. The van der Waals surface area contributed by atoms with Crippen molar-refractivity contribution in [3.05, 3.63) is 54.1 Å². The number of pyridine rings is 2. The highest BCUT2D eigenvalue weighted by molar-refractivity contribution is 6.00. The fraction of sp³-hybridized carbons (Fsp3) is 0.333. The van der Waals surface area contributed by atoms with Gasteiger partial charge in [0.2, 0.25) is 5.88 Å². The number of likely N-dealkylation sites (tertiary alicyclic amines) is 1. The summed E-state index contributed by atoms with van der Waals surface area (Å²) in [5.74, 6) is 0.217. The van der Waals surface area contributed by atoms with Crippen molar-refractivity contribution in [2.45, 2.75) is 38.7 Å². The molecule has 1 amide bonds. The minimum Gasteiger partial charge on any atom is -0.481 e. The largest absolute Gasteiger partial charge is 0.481 e. The van der Waals surface area contributed by atoms with E-state index in [1.54, 1.807) is 36.7 Å². The lowest BCUT2D eigenvalue weighted by atomic mass is 9.89. The third-order valence-electron chi connectivity index (χ3n) is 6.93. The fourth-order valence-corrected chi connectivity index (χ4v) is 4.91. The summed E-state index contributed by atoms with van der Waals surface area (Å²) in [6.45, 7) is 3.87. The quantitative estimate of drug-likeness (QED) is 0.370. The molecule has 196 valence electrons. The first-order chi connectivity index (χ1) is 18.3. The van der Waals surface area contributed by atoms with E-state index >= 15 is 0 Å². The lowest BCUT2D eigenvalue weighted by molar-refractivity contribution is -0.140.